The van der Waals surface area contributed by atoms with E-state index >= 15 is 0 Å². The number of carbonyl (C=O) groups is 3. The summed E-state index contributed by atoms with van der Waals surface area (Å²) in [5.41, 5.74) is 0. The summed E-state index contributed by atoms with van der Waals surface area (Å²) in [6, 6.07) is 6.27. The molecule has 5 atom stereocenters. The maximum Gasteiger partial charge on any atom is 0.465 e. The molecule has 0 spiro atoms. The third-order valence-corrected chi connectivity index (χ3v) is 6.51. The maximum atomic E-state index is 13.6. The van der Waals surface area contributed by atoms with Crippen molar-refractivity contribution in [3.63, 3.8) is 0 Å². The third kappa shape index (κ3) is 4.14. The van der Waals surface area contributed by atoms with Crippen LogP contribution in [0.1, 0.15) is 13.3 Å². The van der Waals surface area contributed by atoms with E-state index in [4.69, 9.17) is 14.0 Å². The fourth-order valence-electron chi connectivity index (χ4n) is 3.56. The molecule has 0 aromatic heterocycles. The SMILES string of the molecule is CC1CC2C(C(=O)Oc3ccc(I)cc3)C(=O)OC1C2OC(=O)C(F)(F)S(=O)(=O)O. The summed E-state index contributed by atoms with van der Waals surface area (Å²) in [7, 11) is -6.07. The van der Waals surface area contributed by atoms with Crippen molar-refractivity contribution in [1.82, 2.24) is 0 Å². The summed E-state index contributed by atoms with van der Waals surface area (Å²) in [5.74, 6) is -7.48. The van der Waals surface area contributed by atoms with Gasteiger partial charge in [0.05, 0.1) is 0 Å². The minimum absolute atomic E-state index is 0.0955. The van der Waals surface area contributed by atoms with Crippen LogP contribution in [0, 0.1) is 21.3 Å². The molecule has 2 fully saturated rings. The van der Waals surface area contributed by atoms with Gasteiger partial charge in [-0.15, -0.1) is 0 Å². The van der Waals surface area contributed by atoms with E-state index in [1.165, 1.54) is 12.1 Å². The van der Waals surface area contributed by atoms with Gasteiger partial charge in [0.2, 0.25) is 0 Å². The van der Waals surface area contributed by atoms with E-state index in [2.05, 4.69) is 4.74 Å². The fraction of sp³-hybridized carbons (Fsp3) is 0.471. The molecule has 1 heterocycles. The predicted molar refractivity (Wildman–Crippen MR) is 102 cm³/mol. The standard InChI is InChI=1S/C17H15F2IO9S/c1-7-6-10-11(14(21)27-9-4-2-8(20)3-5-9)15(22)28-12(7)13(10)29-16(23)17(18,19)30(24,25)26/h2-5,7,10-13H,6H2,1H3,(H,24,25,26). The number of esters is 3. The van der Waals surface area contributed by atoms with Gasteiger partial charge in [0.1, 0.15) is 18.0 Å². The molecular weight excluding hydrogens is 545 g/mol. The number of benzene rings is 1. The smallest absolute Gasteiger partial charge is 0.457 e. The molecule has 5 unspecified atom stereocenters. The molecule has 0 amide bonds. The lowest BCUT2D eigenvalue weighted by Crippen LogP contribution is -2.52. The summed E-state index contributed by atoms with van der Waals surface area (Å²) in [4.78, 5) is 36.6. The second-order valence-corrected chi connectivity index (χ2v) is 9.70. The number of halogens is 3. The second kappa shape index (κ2) is 8.00. The molecule has 1 N–H and O–H groups in total. The van der Waals surface area contributed by atoms with Crippen molar-refractivity contribution in [2.45, 2.75) is 30.8 Å². The van der Waals surface area contributed by atoms with Gasteiger partial charge >= 0.3 is 33.3 Å². The van der Waals surface area contributed by atoms with Gasteiger partial charge in [-0.05, 0) is 59.2 Å². The van der Waals surface area contributed by atoms with Crippen LogP contribution >= 0.6 is 22.6 Å². The first-order valence-electron chi connectivity index (χ1n) is 8.56. The van der Waals surface area contributed by atoms with Crippen molar-refractivity contribution < 1.29 is 50.3 Å². The maximum absolute atomic E-state index is 13.6. The Bertz CT molecular complexity index is 979. The normalized spacial score (nSPS) is 28.6. The second-order valence-electron chi connectivity index (χ2n) is 6.99. The summed E-state index contributed by atoms with van der Waals surface area (Å²) in [6.07, 6.45) is -2.56. The lowest BCUT2D eigenvalue weighted by atomic mass is 9.87. The monoisotopic (exact) mass is 560 g/mol. The van der Waals surface area contributed by atoms with E-state index in [1.54, 1.807) is 19.1 Å². The van der Waals surface area contributed by atoms with Crippen molar-refractivity contribution in [2.75, 3.05) is 0 Å². The molecule has 30 heavy (non-hydrogen) atoms. The lowest BCUT2D eigenvalue weighted by Gasteiger charge is -2.34. The summed E-state index contributed by atoms with van der Waals surface area (Å²) in [5, 5.41) is -5.21. The number of rotatable bonds is 5. The summed E-state index contributed by atoms with van der Waals surface area (Å²) in [6.45, 7) is 1.59. The van der Waals surface area contributed by atoms with Crippen LogP contribution in [0.2, 0.25) is 0 Å². The highest BCUT2D eigenvalue weighted by Gasteiger charge is 2.62. The van der Waals surface area contributed by atoms with Crippen LogP contribution < -0.4 is 4.74 Å². The van der Waals surface area contributed by atoms with Gasteiger partial charge in [-0.3, -0.25) is 14.1 Å². The first-order chi connectivity index (χ1) is 13.8. The molecule has 2 aliphatic rings. The van der Waals surface area contributed by atoms with E-state index in [-0.39, 0.29) is 12.2 Å². The Kier molecular flexibility index (Phi) is 6.08. The van der Waals surface area contributed by atoms with Gasteiger partial charge in [0.25, 0.3) is 0 Å². The molecule has 1 aromatic rings. The van der Waals surface area contributed by atoms with Gasteiger partial charge in [0.15, 0.2) is 5.92 Å². The minimum atomic E-state index is -6.07. The summed E-state index contributed by atoms with van der Waals surface area (Å²) >= 11 is 2.03. The van der Waals surface area contributed by atoms with Crippen LogP contribution in [0.5, 0.6) is 5.75 Å². The highest BCUT2D eigenvalue weighted by atomic mass is 127. The first-order valence-corrected chi connectivity index (χ1v) is 11.1. The molecule has 1 aliphatic heterocycles. The third-order valence-electron chi connectivity index (χ3n) is 4.98. The van der Waals surface area contributed by atoms with Crippen molar-refractivity contribution in [1.29, 1.82) is 0 Å². The highest BCUT2D eigenvalue weighted by molar-refractivity contribution is 14.1. The number of alkyl halides is 2. The van der Waals surface area contributed by atoms with Gasteiger partial charge < -0.3 is 14.2 Å². The highest BCUT2D eigenvalue weighted by Crippen LogP contribution is 2.45. The van der Waals surface area contributed by atoms with Crippen molar-refractivity contribution in [3.05, 3.63) is 27.8 Å². The molecule has 3 rings (SSSR count). The molecule has 1 aromatic carbocycles. The molecule has 0 radical (unpaired) electrons. The molecule has 13 heteroatoms. The zero-order valence-corrected chi connectivity index (χ0v) is 18.1. The van der Waals surface area contributed by atoms with Crippen LogP contribution in [0.15, 0.2) is 24.3 Å². The average Bonchev–Trinajstić information content (AvgIpc) is 2.84. The Morgan fingerprint density at radius 3 is 2.43 bits per heavy atom. The van der Waals surface area contributed by atoms with Gasteiger partial charge in [-0.25, -0.2) is 4.79 Å². The Labute approximate surface area is 182 Å². The van der Waals surface area contributed by atoms with E-state index in [9.17, 15) is 31.6 Å². The fourth-order valence-corrected chi connectivity index (χ4v) is 4.18. The quantitative estimate of drug-likeness (QED) is 0.188. The number of hydrogen-bond donors (Lipinski definition) is 1. The molecule has 2 bridgehead atoms. The van der Waals surface area contributed by atoms with Crippen LogP contribution in [0.3, 0.4) is 0 Å². The number of ether oxygens (including phenoxy) is 3. The van der Waals surface area contributed by atoms with E-state index < -0.39 is 63.2 Å². The molecule has 1 aliphatic carbocycles. The molecular formula is C17H15F2IO9S. The molecule has 9 nitrogen and oxygen atoms in total. The summed E-state index contributed by atoms with van der Waals surface area (Å²) < 4.78 is 73.1. The minimum Gasteiger partial charge on any atom is -0.457 e. The predicted octanol–water partition coefficient (Wildman–Crippen LogP) is 1.79. The topological polar surface area (TPSA) is 133 Å². The van der Waals surface area contributed by atoms with E-state index in [0.717, 1.165) is 3.57 Å². The van der Waals surface area contributed by atoms with Crippen LogP contribution in [-0.4, -0.2) is 48.3 Å². The van der Waals surface area contributed by atoms with E-state index in [0.29, 0.717) is 0 Å². The Morgan fingerprint density at radius 2 is 1.87 bits per heavy atom. The number of fused-ring (bicyclic) bond motifs is 2. The van der Waals surface area contributed by atoms with Crippen molar-refractivity contribution in [2.24, 2.45) is 17.8 Å². The largest absolute Gasteiger partial charge is 0.465 e. The molecule has 164 valence electrons. The average molecular weight is 560 g/mol. The lowest BCUT2D eigenvalue weighted by molar-refractivity contribution is -0.197. The van der Waals surface area contributed by atoms with Gasteiger partial charge in [-0.1, -0.05) is 6.92 Å². The zero-order chi connectivity index (χ0) is 22.4. The van der Waals surface area contributed by atoms with E-state index in [1.807, 2.05) is 22.6 Å². The van der Waals surface area contributed by atoms with Crippen molar-refractivity contribution >= 4 is 50.6 Å². The number of hydrogen-bond acceptors (Lipinski definition) is 8. The number of carbonyl (C=O) groups excluding carboxylic acids is 3. The Hall–Kier alpha value is -1.87. The zero-order valence-electron chi connectivity index (χ0n) is 15.2. The van der Waals surface area contributed by atoms with Crippen molar-refractivity contribution in [3.8, 4) is 5.75 Å². The first kappa shape index (κ1) is 22.8. The van der Waals surface area contributed by atoms with Crippen LogP contribution in [-0.2, 0) is 34.0 Å². The van der Waals surface area contributed by atoms with Crippen LogP contribution in [0.4, 0.5) is 8.78 Å². The Morgan fingerprint density at radius 1 is 1.27 bits per heavy atom. The molecule has 1 saturated carbocycles. The van der Waals surface area contributed by atoms with Crippen LogP contribution in [0.25, 0.3) is 0 Å². The molecule has 1 saturated heterocycles. The van der Waals surface area contributed by atoms with Gasteiger partial charge in [-0.2, -0.15) is 17.2 Å². The van der Waals surface area contributed by atoms with Gasteiger partial charge in [0, 0.05) is 9.49 Å². The Balaban J connectivity index is 1.83.